The van der Waals surface area contributed by atoms with Gasteiger partial charge in [0.15, 0.2) is 0 Å². The molecule has 1 fully saturated rings. The van der Waals surface area contributed by atoms with Crippen LogP contribution >= 0.6 is 15.9 Å². The number of halogens is 1. The van der Waals surface area contributed by atoms with Gasteiger partial charge in [0.2, 0.25) is 0 Å². The Kier molecular flexibility index (Phi) is 2.29. The number of hydrogen-bond acceptors (Lipinski definition) is 1. The summed E-state index contributed by atoms with van der Waals surface area (Å²) in [4.78, 5) is 1.90. The summed E-state index contributed by atoms with van der Waals surface area (Å²) in [6.07, 6.45) is 3.33. The maximum Gasteiger partial charge on any atom is 0.0700 e. The molecule has 1 saturated carbocycles. The van der Waals surface area contributed by atoms with Gasteiger partial charge in [-0.15, -0.1) is 0 Å². The summed E-state index contributed by atoms with van der Waals surface area (Å²) >= 11 is 3.24. The molecule has 1 unspecified atom stereocenters. The van der Waals surface area contributed by atoms with Gasteiger partial charge in [-0.1, -0.05) is 15.9 Å². The molecule has 1 nitrogen and oxygen atoms in total. The first-order chi connectivity index (χ1) is 4.38. The van der Waals surface area contributed by atoms with Gasteiger partial charge >= 0.3 is 0 Å². The van der Waals surface area contributed by atoms with E-state index in [4.69, 9.17) is 5.26 Å². The van der Waals surface area contributed by atoms with Crippen LogP contribution in [0.3, 0.4) is 0 Å². The van der Waals surface area contributed by atoms with Crippen molar-refractivity contribution in [3.05, 3.63) is 10.6 Å². The Morgan fingerprint density at radius 3 is 3.00 bits per heavy atom. The van der Waals surface area contributed by atoms with Crippen molar-refractivity contribution >= 4 is 15.9 Å². The van der Waals surface area contributed by atoms with E-state index in [1.165, 1.54) is 12.0 Å². The van der Waals surface area contributed by atoms with E-state index in [0.29, 0.717) is 0 Å². The van der Waals surface area contributed by atoms with Crippen molar-refractivity contribution < 1.29 is 0 Å². The molecule has 0 spiro atoms. The summed E-state index contributed by atoms with van der Waals surface area (Å²) in [5.74, 6) is 0.198. The van der Waals surface area contributed by atoms with Crippen molar-refractivity contribution in [2.24, 2.45) is 5.92 Å². The highest BCUT2D eigenvalue weighted by Gasteiger charge is 2.18. The van der Waals surface area contributed by atoms with Gasteiger partial charge in [-0.2, -0.15) is 5.26 Å². The molecule has 1 atom stereocenters. The van der Waals surface area contributed by atoms with Crippen molar-refractivity contribution in [2.75, 3.05) is 0 Å². The Morgan fingerprint density at radius 2 is 2.56 bits per heavy atom. The molecule has 0 bridgehead atoms. The van der Waals surface area contributed by atoms with Crippen LogP contribution < -0.4 is 0 Å². The zero-order valence-electron chi connectivity index (χ0n) is 5.10. The largest absolute Gasteiger partial charge is 0.198 e. The van der Waals surface area contributed by atoms with Gasteiger partial charge in [0.05, 0.1) is 12.0 Å². The maximum absolute atomic E-state index is 8.56. The molecular formula is C7H8BrN. The fourth-order valence-corrected chi connectivity index (χ4v) is 1.70. The first-order valence-electron chi connectivity index (χ1n) is 3.07. The van der Waals surface area contributed by atoms with Crippen LogP contribution in [0.5, 0.6) is 0 Å². The monoisotopic (exact) mass is 185 g/mol. The molecule has 0 amide bonds. The topological polar surface area (TPSA) is 23.8 Å². The molecule has 0 N–H and O–H groups in total. The van der Waals surface area contributed by atoms with Crippen LogP contribution in [0.4, 0.5) is 0 Å². The van der Waals surface area contributed by atoms with E-state index in [1.54, 1.807) is 0 Å². The Bertz CT molecular complexity index is 166. The molecule has 0 heterocycles. The highest BCUT2D eigenvalue weighted by molar-refractivity contribution is 9.11. The molecule has 0 aromatic heterocycles. The van der Waals surface area contributed by atoms with E-state index >= 15 is 0 Å². The summed E-state index contributed by atoms with van der Waals surface area (Å²) in [7, 11) is 0. The first kappa shape index (κ1) is 6.82. The highest BCUT2D eigenvalue weighted by atomic mass is 79.9. The average Bonchev–Trinajstić information content (AvgIpc) is 2.33. The summed E-state index contributed by atoms with van der Waals surface area (Å²) in [5, 5.41) is 8.56. The normalized spacial score (nSPS) is 30.7. The van der Waals surface area contributed by atoms with Gasteiger partial charge in [0, 0.05) is 0 Å². The molecular weight excluding hydrogens is 178 g/mol. The minimum absolute atomic E-state index is 0.198. The van der Waals surface area contributed by atoms with Gasteiger partial charge in [-0.05, 0) is 29.8 Å². The van der Waals surface area contributed by atoms with Crippen molar-refractivity contribution in [1.82, 2.24) is 0 Å². The Morgan fingerprint density at radius 1 is 1.78 bits per heavy atom. The van der Waals surface area contributed by atoms with Crippen LogP contribution in [0, 0.1) is 17.2 Å². The lowest BCUT2D eigenvalue weighted by atomic mass is 10.1. The molecule has 1 rings (SSSR count). The third-order valence-electron chi connectivity index (χ3n) is 1.70. The zero-order chi connectivity index (χ0) is 6.69. The van der Waals surface area contributed by atoms with Gasteiger partial charge in [-0.3, -0.25) is 0 Å². The van der Waals surface area contributed by atoms with Crippen LogP contribution in [0.25, 0.3) is 0 Å². The van der Waals surface area contributed by atoms with E-state index < -0.39 is 0 Å². The molecule has 48 valence electrons. The predicted molar refractivity (Wildman–Crippen MR) is 40.0 cm³/mol. The first-order valence-corrected chi connectivity index (χ1v) is 3.99. The van der Waals surface area contributed by atoms with E-state index in [0.717, 1.165) is 12.8 Å². The lowest BCUT2D eigenvalue weighted by molar-refractivity contribution is 0.778. The fraction of sp³-hybridized carbons (Fsp3) is 0.571. The molecule has 0 radical (unpaired) electrons. The average molecular weight is 186 g/mol. The van der Waals surface area contributed by atoms with Crippen molar-refractivity contribution in [1.29, 1.82) is 5.26 Å². The fourth-order valence-electron chi connectivity index (χ4n) is 1.15. The lowest BCUT2D eigenvalue weighted by Gasteiger charge is -1.96. The SMILES string of the molecule is N#CC1CCC/C1=C/Br. The van der Waals surface area contributed by atoms with Crippen molar-refractivity contribution in [3.8, 4) is 6.07 Å². The number of nitrogens with zero attached hydrogens (tertiary/aromatic N) is 1. The van der Waals surface area contributed by atoms with E-state index in [9.17, 15) is 0 Å². The van der Waals surface area contributed by atoms with Gasteiger partial charge in [0.1, 0.15) is 0 Å². The number of hydrogen-bond donors (Lipinski definition) is 0. The van der Waals surface area contributed by atoms with Crippen LogP contribution in [0.2, 0.25) is 0 Å². The minimum Gasteiger partial charge on any atom is -0.198 e. The molecule has 9 heavy (non-hydrogen) atoms. The molecule has 1 aliphatic carbocycles. The van der Waals surface area contributed by atoms with Crippen LogP contribution in [0.15, 0.2) is 10.6 Å². The van der Waals surface area contributed by atoms with Gasteiger partial charge in [0.25, 0.3) is 0 Å². The standard InChI is InChI=1S/C7H8BrN/c8-4-6-2-1-3-7(6)5-9/h4,7H,1-3H2/b6-4-. The van der Waals surface area contributed by atoms with Crippen LogP contribution in [0.1, 0.15) is 19.3 Å². The van der Waals surface area contributed by atoms with Crippen molar-refractivity contribution in [2.45, 2.75) is 19.3 Å². The number of nitriles is 1. The summed E-state index contributed by atoms with van der Waals surface area (Å²) in [5.41, 5.74) is 1.26. The second-order valence-electron chi connectivity index (χ2n) is 2.26. The highest BCUT2D eigenvalue weighted by Crippen LogP contribution is 2.30. The lowest BCUT2D eigenvalue weighted by Crippen LogP contribution is -1.89. The van der Waals surface area contributed by atoms with Crippen LogP contribution in [-0.2, 0) is 0 Å². The number of allylic oxidation sites excluding steroid dienone is 1. The van der Waals surface area contributed by atoms with Crippen LogP contribution in [-0.4, -0.2) is 0 Å². The Balaban J connectivity index is 2.65. The molecule has 0 aromatic rings. The van der Waals surface area contributed by atoms with Gasteiger partial charge in [-0.25, -0.2) is 0 Å². The molecule has 2 heteroatoms. The molecule has 0 aliphatic heterocycles. The second kappa shape index (κ2) is 3.03. The van der Waals surface area contributed by atoms with Gasteiger partial charge < -0.3 is 0 Å². The number of rotatable bonds is 0. The zero-order valence-corrected chi connectivity index (χ0v) is 6.69. The van der Waals surface area contributed by atoms with E-state index in [1.807, 2.05) is 4.99 Å². The third-order valence-corrected chi connectivity index (χ3v) is 2.29. The third kappa shape index (κ3) is 1.34. The summed E-state index contributed by atoms with van der Waals surface area (Å²) in [6.45, 7) is 0. The molecule has 1 aliphatic rings. The Labute approximate surface area is 63.5 Å². The molecule has 0 aromatic carbocycles. The second-order valence-corrected chi connectivity index (χ2v) is 2.72. The summed E-state index contributed by atoms with van der Waals surface area (Å²) in [6, 6.07) is 2.27. The Hall–Kier alpha value is -0.290. The predicted octanol–water partition coefficient (Wildman–Crippen LogP) is 2.59. The quantitative estimate of drug-likeness (QED) is 0.570. The summed E-state index contributed by atoms with van der Waals surface area (Å²) < 4.78 is 0. The van der Waals surface area contributed by atoms with Crippen molar-refractivity contribution in [3.63, 3.8) is 0 Å². The maximum atomic E-state index is 8.56. The smallest absolute Gasteiger partial charge is 0.0700 e. The molecule has 0 saturated heterocycles. The van der Waals surface area contributed by atoms with E-state index in [2.05, 4.69) is 22.0 Å². The van der Waals surface area contributed by atoms with E-state index in [-0.39, 0.29) is 5.92 Å². The minimum atomic E-state index is 0.198.